The van der Waals surface area contributed by atoms with Crippen LogP contribution < -0.4 is 14.6 Å². The van der Waals surface area contributed by atoms with Gasteiger partial charge in [-0.1, -0.05) is 12.7 Å². The van der Waals surface area contributed by atoms with Crippen molar-refractivity contribution in [1.82, 2.24) is 0 Å². The second-order valence-corrected chi connectivity index (χ2v) is 7.53. The highest BCUT2D eigenvalue weighted by atomic mass is 127. The first-order valence-corrected chi connectivity index (χ1v) is 9.84. The molecule has 0 aliphatic heterocycles. The standard InChI is InChI=1S/C19H16I2O6/c1-3-11-8-14(21)17(16(9-11)25-2)19(24)27-7-6-26-15-5-4-12(18(22)23)10-13(15)20/h3-5,8-10H,1,6-7H2,2H3,(H,22,23)/p-1. The van der Waals surface area contributed by atoms with Gasteiger partial charge in [-0.3, -0.25) is 0 Å². The summed E-state index contributed by atoms with van der Waals surface area (Å²) in [5.74, 6) is -0.855. The van der Waals surface area contributed by atoms with E-state index in [0.29, 0.717) is 24.2 Å². The lowest BCUT2D eigenvalue weighted by Crippen LogP contribution is -2.22. The molecule has 2 aromatic rings. The number of carbonyl (C=O) groups is 2. The summed E-state index contributed by atoms with van der Waals surface area (Å²) in [6, 6.07) is 7.90. The van der Waals surface area contributed by atoms with Gasteiger partial charge in [0.05, 0.1) is 16.6 Å². The van der Waals surface area contributed by atoms with Crippen LogP contribution in [0.1, 0.15) is 26.3 Å². The molecule has 2 aromatic carbocycles. The van der Waals surface area contributed by atoms with Crippen molar-refractivity contribution < 1.29 is 28.9 Å². The van der Waals surface area contributed by atoms with Gasteiger partial charge in [0.2, 0.25) is 0 Å². The summed E-state index contributed by atoms with van der Waals surface area (Å²) < 4.78 is 17.4. The van der Waals surface area contributed by atoms with Gasteiger partial charge in [0.15, 0.2) is 0 Å². The summed E-state index contributed by atoms with van der Waals surface area (Å²) in [7, 11) is 1.48. The highest BCUT2D eigenvalue weighted by Gasteiger charge is 2.18. The fraction of sp³-hybridized carbons (Fsp3) is 0.158. The van der Waals surface area contributed by atoms with Crippen molar-refractivity contribution in [1.29, 1.82) is 0 Å². The van der Waals surface area contributed by atoms with Gasteiger partial charge in [-0.2, -0.15) is 0 Å². The lowest BCUT2D eigenvalue weighted by Gasteiger charge is -2.13. The molecule has 8 heteroatoms. The van der Waals surface area contributed by atoms with Crippen LogP contribution >= 0.6 is 45.2 Å². The molecule has 0 aliphatic carbocycles. The maximum atomic E-state index is 12.4. The van der Waals surface area contributed by atoms with Gasteiger partial charge in [0.1, 0.15) is 30.3 Å². The highest BCUT2D eigenvalue weighted by Crippen LogP contribution is 2.27. The Balaban J connectivity index is 1.97. The topological polar surface area (TPSA) is 84.9 Å². The molecular weight excluding hydrogens is 578 g/mol. The molecule has 6 nitrogen and oxygen atoms in total. The molecule has 0 unspecified atom stereocenters. The van der Waals surface area contributed by atoms with Crippen molar-refractivity contribution >= 4 is 63.2 Å². The van der Waals surface area contributed by atoms with Crippen LogP contribution in [0.15, 0.2) is 36.9 Å². The predicted octanol–water partition coefficient (Wildman–Crippen LogP) is 3.15. The number of rotatable bonds is 8. The molecule has 0 aliphatic rings. The minimum Gasteiger partial charge on any atom is -0.545 e. The normalized spacial score (nSPS) is 10.2. The summed E-state index contributed by atoms with van der Waals surface area (Å²) in [4.78, 5) is 23.2. The summed E-state index contributed by atoms with van der Waals surface area (Å²) in [5, 5.41) is 10.8. The number of aromatic carboxylic acids is 1. The maximum Gasteiger partial charge on any atom is 0.343 e. The fourth-order valence-electron chi connectivity index (χ4n) is 2.18. The zero-order chi connectivity index (χ0) is 20.0. The molecule has 0 saturated carbocycles. The van der Waals surface area contributed by atoms with Crippen LogP contribution in [-0.2, 0) is 4.74 Å². The molecule has 0 spiro atoms. The molecule has 0 fully saturated rings. The van der Waals surface area contributed by atoms with Crippen molar-refractivity contribution in [2.75, 3.05) is 20.3 Å². The number of halogens is 2. The van der Waals surface area contributed by atoms with E-state index in [2.05, 4.69) is 6.58 Å². The lowest BCUT2D eigenvalue weighted by molar-refractivity contribution is -0.255. The van der Waals surface area contributed by atoms with Crippen molar-refractivity contribution in [3.05, 3.63) is 60.7 Å². The largest absolute Gasteiger partial charge is 0.545 e. The summed E-state index contributed by atoms with van der Waals surface area (Å²) in [5.41, 5.74) is 1.25. The summed E-state index contributed by atoms with van der Waals surface area (Å²) in [6.07, 6.45) is 1.67. The van der Waals surface area contributed by atoms with Crippen LogP contribution in [0.25, 0.3) is 6.08 Å². The fourth-order valence-corrected chi connectivity index (χ4v) is 3.70. The van der Waals surface area contributed by atoms with Crippen LogP contribution in [-0.4, -0.2) is 32.3 Å². The van der Waals surface area contributed by atoms with Gasteiger partial charge in [-0.15, -0.1) is 0 Å². The Morgan fingerprint density at radius 2 is 1.85 bits per heavy atom. The quantitative estimate of drug-likeness (QED) is 0.266. The van der Waals surface area contributed by atoms with E-state index in [1.807, 2.05) is 51.2 Å². The van der Waals surface area contributed by atoms with Gasteiger partial charge in [-0.25, -0.2) is 4.79 Å². The van der Waals surface area contributed by atoms with Gasteiger partial charge in [0.25, 0.3) is 0 Å². The summed E-state index contributed by atoms with van der Waals surface area (Å²) >= 11 is 4.01. The van der Waals surface area contributed by atoms with Gasteiger partial charge in [-0.05, 0) is 86.6 Å². The Morgan fingerprint density at radius 3 is 2.44 bits per heavy atom. The monoisotopic (exact) mass is 593 g/mol. The Hall–Kier alpha value is -1.82. The van der Waals surface area contributed by atoms with E-state index >= 15 is 0 Å². The number of carboxylic acid groups (broad SMARTS) is 1. The number of hydrogen-bond acceptors (Lipinski definition) is 6. The molecular formula is C19H15I2O6-. The molecule has 0 aromatic heterocycles. The number of ether oxygens (including phenoxy) is 3. The third kappa shape index (κ3) is 5.58. The van der Waals surface area contributed by atoms with Crippen LogP contribution in [0.4, 0.5) is 0 Å². The van der Waals surface area contributed by atoms with E-state index < -0.39 is 11.9 Å². The Kier molecular flexibility index (Phi) is 7.90. The Morgan fingerprint density at radius 1 is 1.11 bits per heavy atom. The van der Waals surface area contributed by atoms with Gasteiger partial charge in [0, 0.05) is 3.57 Å². The zero-order valence-corrected chi connectivity index (χ0v) is 18.6. The number of carbonyl (C=O) groups excluding carboxylic acids is 2. The molecule has 27 heavy (non-hydrogen) atoms. The van der Waals surface area contributed by atoms with Crippen LogP contribution in [0.3, 0.4) is 0 Å². The molecule has 0 amide bonds. The Bertz CT molecular complexity index is 879. The van der Waals surface area contributed by atoms with Crippen molar-refractivity contribution in [3.63, 3.8) is 0 Å². The van der Waals surface area contributed by atoms with E-state index in [9.17, 15) is 14.7 Å². The van der Waals surface area contributed by atoms with Crippen molar-refractivity contribution in [3.8, 4) is 11.5 Å². The Labute approximate surface area is 183 Å². The zero-order valence-electron chi connectivity index (χ0n) is 14.3. The number of methoxy groups -OCH3 is 1. The molecule has 142 valence electrons. The van der Waals surface area contributed by atoms with Crippen LogP contribution in [0.2, 0.25) is 0 Å². The second kappa shape index (κ2) is 9.93. The predicted molar refractivity (Wildman–Crippen MR) is 115 cm³/mol. The molecule has 2 rings (SSSR count). The first-order valence-electron chi connectivity index (χ1n) is 7.68. The number of benzene rings is 2. The lowest BCUT2D eigenvalue weighted by atomic mass is 10.1. The van der Waals surface area contributed by atoms with E-state index in [0.717, 1.165) is 5.56 Å². The first-order chi connectivity index (χ1) is 12.9. The van der Waals surface area contributed by atoms with E-state index in [-0.39, 0.29) is 18.8 Å². The molecule has 0 atom stereocenters. The molecule has 0 radical (unpaired) electrons. The van der Waals surface area contributed by atoms with Crippen LogP contribution in [0.5, 0.6) is 11.5 Å². The first kappa shape index (κ1) is 21.5. The van der Waals surface area contributed by atoms with Gasteiger partial charge >= 0.3 is 5.97 Å². The highest BCUT2D eigenvalue weighted by molar-refractivity contribution is 14.1. The second-order valence-electron chi connectivity index (χ2n) is 5.20. The van der Waals surface area contributed by atoms with E-state index in [4.69, 9.17) is 14.2 Å². The maximum absolute atomic E-state index is 12.4. The van der Waals surface area contributed by atoms with Crippen molar-refractivity contribution in [2.24, 2.45) is 0 Å². The molecule has 0 saturated heterocycles. The third-order valence-electron chi connectivity index (χ3n) is 3.48. The molecule has 0 bridgehead atoms. The minimum absolute atomic E-state index is 0.0274. The van der Waals surface area contributed by atoms with Crippen LogP contribution in [0, 0.1) is 7.14 Å². The number of hydrogen-bond donors (Lipinski definition) is 0. The van der Waals surface area contributed by atoms with E-state index in [1.165, 1.54) is 25.3 Å². The number of carboxylic acids is 1. The van der Waals surface area contributed by atoms with Gasteiger partial charge < -0.3 is 24.1 Å². The van der Waals surface area contributed by atoms with E-state index in [1.54, 1.807) is 12.1 Å². The average molecular weight is 593 g/mol. The number of esters is 1. The molecule has 0 N–H and O–H groups in total. The molecule has 0 heterocycles. The SMILES string of the molecule is C=Cc1cc(I)c(C(=O)OCCOc2ccc(C(=O)[O-])cc2I)c(OC)c1. The third-order valence-corrected chi connectivity index (χ3v) is 5.17. The summed E-state index contributed by atoms with van der Waals surface area (Å²) in [6.45, 7) is 3.85. The average Bonchev–Trinajstić information content (AvgIpc) is 2.64. The smallest absolute Gasteiger partial charge is 0.343 e. The van der Waals surface area contributed by atoms with Crippen molar-refractivity contribution in [2.45, 2.75) is 0 Å². The minimum atomic E-state index is -1.25.